The summed E-state index contributed by atoms with van der Waals surface area (Å²) in [6, 6.07) is 3.51. The van der Waals surface area contributed by atoms with E-state index >= 15 is 0 Å². The van der Waals surface area contributed by atoms with Crippen LogP contribution in [-0.4, -0.2) is 22.0 Å². The van der Waals surface area contributed by atoms with E-state index in [0.29, 0.717) is 0 Å². The molecular weight excluding hydrogens is 240 g/mol. The van der Waals surface area contributed by atoms with Crippen molar-refractivity contribution in [3.8, 4) is 0 Å². The second-order valence-corrected chi connectivity index (χ2v) is 4.98. The number of hydrogen-bond acceptors (Lipinski definition) is 2. The molecule has 1 aliphatic rings. The highest BCUT2D eigenvalue weighted by molar-refractivity contribution is 5.75. The number of carboxylic acid groups (broad SMARTS) is 1. The molecule has 1 aliphatic carbocycles. The minimum Gasteiger partial charge on any atom is -0.481 e. The minimum atomic E-state index is -2.71. The van der Waals surface area contributed by atoms with E-state index in [1.807, 2.05) is 0 Å². The highest BCUT2D eigenvalue weighted by Gasteiger charge is 2.47. The molecule has 0 saturated heterocycles. The number of rotatable bonds is 3. The summed E-state index contributed by atoms with van der Waals surface area (Å²) in [6.45, 7) is 0. The van der Waals surface area contributed by atoms with E-state index in [-0.39, 0.29) is 32.1 Å². The van der Waals surface area contributed by atoms with Gasteiger partial charge in [-0.05, 0) is 30.9 Å². The van der Waals surface area contributed by atoms with Gasteiger partial charge in [-0.1, -0.05) is 6.07 Å². The Morgan fingerprint density at radius 3 is 2.50 bits per heavy atom. The fourth-order valence-electron chi connectivity index (χ4n) is 2.45. The number of hydrogen-bond donors (Lipinski definition) is 1. The van der Waals surface area contributed by atoms with Crippen LogP contribution in [0.2, 0.25) is 0 Å². The van der Waals surface area contributed by atoms with Gasteiger partial charge in [0.15, 0.2) is 0 Å². The summed E-state index contributed by atoms with van der Waals surface area (Å²) in [4.78, 5) is 15.4. The molecule has 0 radical (unpaired) electrons. The average Bonchev–Trinajstić information content (AvgIpc) is 2.33. The zero-order valence-electron chi connectivity index (χ0n) is 9.90. The number of halogens is 2. The highest BCUT2D eigenvalue weighted by Crippen LogP contribution is 2.45. The fraction of sp³-hybridized carbons (Fsp3) is 0.538. The Bertz CT molecular complexity index is 424. The molecule has 0 aromatic carbocycles. The van der Waals surface area contributed by atoms with Crippen LogP contribution in [0.3, 0.4) is 0 Å². The normalized spacial score (nSPS) is 21.4. The van der Waals surface area contributed by atoms with Gasteiger partial charge in [0.1, 0.15) is 0 Å². The predicted octanol–water partition coefficient (Wildman–Crippen LogP) is 2.90. The summed E-state index contributed by atoms with van der Waals surface area (Å²) in [5.41, 5.74) is -0.282. The maximum absolute atomic E-state index is 13.1. The second kappa shape index (κ2) is 4.63. The van der Waals surface area contributed by atoms with Gasteiger partial charge in [-0.3, -0.25) is 9.78 Å². The third-order valence-electron chi connectivity index (χ3n) is 3.66. The van der Waals surface area contributed by atoms with Gasteiger partial charge in [0.2, 0.25) is 5.92 Å². The van der Waals surface area contributed by atoms with Crippen LogP contribution in [0.25, 0.3) is 0 Å². The standard InChI is InChI=1S/C13H15F2NO2/c14-13(15)5-3-12(4-6-13,11(17)18)8-10-2-1-7-16-9-10/h1-2,7,9H,3-6,8H2,(H,17,18). The minimum absolute atomic E-state index is 0.0181. The van der Waals surface area contributed by atoms with Crippen molar-refractivity contribution in [2.45, 2.75) is 38.0 Å². The van der Waals surface area contributed by atoms with Gasteiger partial charge in [0.05, 0.1) is 5.41 Å². The fourth-order valence-corrected chi connectivity index (χ4v) is 2.45. The van der Waals surface area contributed by atoms with Gasteiger partial charge >= 0.3 is 5.97 Å². The molecule has 3 nitrogen and oxygen atoms in total. The van der Waals surface area contributed by atoms with Crippen LogP contribution in [0.15, 0.2) is 24.5 Å². The Morgan fingerprint density at radius 2 is 2.00 bits per heavy atom. The van der Waals surface area contributed by atoms with Gasteiger partial charge in [-0.25, -0.2) is 8.78 Å². The molecule has 1 N–H and O–H groups in total. The molecular formula is C13H15F2NO2. The average molecular weight is 255 g/mol. The van der Waals surface area contributed by atoms with Crippen molar-refractivity contribution < 1.29 is 18.7 Å². The number of aromatic nitrogens is 1. The van der Waals surface area contributed by atoms with Crippen molar-refractivity contribution in [2.24, 2.45) is 5.41 Å². The third kappa shape index (κ3) is 2.66. The molecule has 0 unspecified atom stereocenters. The molecule has 1 heterocycles. The summed E-state index contributed by atoms with van der Waals surface area (Å²) in [6.07, 6.45) is 2.81. The third-order valence-corrected chi connectivity index (χ3v) is 3.66. The molecule has 18 heavy (non-hydrogen) atoms. The molecule has 5 heteroatoms. The maximum atomic E-state index is 13.1. The zero-order valence-corrected chi connectivity index (χ0v) is 9.90. The topological polar surface area (TPSA) is 50.2 Å². The largest absolute Gasteiger partial charge is 0.481 e. The lowest BCUT2D eigenvalue weighted by Crippen LogP contribution is -2.40. The lowest BCUT2D eigenvalue weighted by atomic mass is 9.69. The molecule has 1 saturated carbocycles. The molecule has 1 fully saturated rings. The first-order valence-electron chi connectivity index (χ1n) is 5.94. The maximum Gasteiger partial charge on any atom is 0.309 e. The lowest BCUT2D eigenvalue weighted by Gasteiger charge is -2.36. The number of pyridine rings is 1. The Kier molecular flexibility index (Phi) is 3.32. The van der Waals surface area contributed by atoms with Gasteiger partial charge in [0.25, 0.3) is 0 Å². The van der Waals surface area contributed by atoms with Crippen molar-refractivity contribution in [3.63, 3.8) is 0 Å². The van der Waals surface area contributed by atoms with Crippen molar-refractivity contribution in [1.82, 2.24) is 4.98 Å². The molecule has 0 aliphatic heterocycles. The summed E-state index contributed by atoms with van der Waals surface area (Å²) in [5.74, 6) is -3.70. The zero-order chi connectivity index (χ0) is 13.2. The molecule has 0 atom stereocenters. The van der Waals surface area contributed by atoms with Gasteiger partial charge in [0, 0.05) is 25.2 Å². The van der Waals surface area contributed by atoms with E-state index in [2.05, 4.69) is 4.98 Å². The van der Waals surface area contributed by atoms with E-state index in [9.17, 15) is 18.7 Å². The molecule has 1 aromatic rings. The summed E-state index contributed by atoms with van der Waals surface area (Å²) < 4.78 is 26.3. The molecule has 0 amide bonds. The van der Waals surface area contributed by atoms with Crippen molar-refractivity contribution in [3.05, 3.63) is 30.1 Å². The van der Waals surface area contributed by atoms with Crippen LogP contribution in [0.5, 0.6) is 0 Å². The van der Waals surface area contributed by atoms with Crippen LogP contribution in [-0.2, 0) is 11.2 Å². The van der Waals surface area contributed by atoms with Crippen LogP contribution in [0, 0.1) is 5.41 Å². The Morgan fingerprint density at radius 1 is 1.33 bits per heavy atom. The molecule has 0 spiro atoms. The first kappa shape index (κ1) is 12.9. The van der Waals surface area contributed by atoms with Gasteiger partial charge in [-0.15, -0.1) is 0 Å². The van der Waals surface area contributed by atoms with Crippen LogP contribution in [0.1, 0.15) is 31.2 Å². The van der Waals surface area contributed by atoms with Crippen molar-refractivity contribution in [2.75, 3.05) is 0 Å². The number of carboxylic acids is 1. The van der Waals surface area contributed by atoms with E-state index in [1.54, 1.807) is 24.5 Å². The van der Waals surface area contributed by atoms with E-state index in [1.165, 1.54) is 0 Å². The quantitative estimate of drug-likeness (QED) is 0.903. The van der Waals surface area contributed by atoms with Crippen molar-refractivity contribution >= 4 is 5.97 Å². The van der Waals surface area contributed by atoms with Crippen LogP contribution >= 0.6 is 0 Å². The predicted molar refractivity (Wildman–Crippen MR) is 61.4 cm³/mol. The monoisotopic (exact) mass is 255 g/mol. The number of nitrogens with zero attached hydrogens (tertiary/aromatic N) is 1. The Hall–Kier alpha value is -1.52. The van der Waals surface area contributed by atoms with Crippen molar-refractivity contribution in [1.29, 1.82) is 0 Å². The SMILES string of the molecule is O=C(O)C1(Cc2cccnc2)CCC(F)(F)CC1. The number of alkyl halides is 2. The summed E-state index contributed by atoms with van der Waals surface area (Å²) >= 11 is 0. The molecule has 98 valence electrons. The number of carbonyl (C=O) groups is 1. The van der Waals surface area contributed by atoms with Gasteiger partial charge < -0.3 is 5.11 Å². The molecule has 2 rings (SSSR count). The van der Waals surface area contributed by atoms with Gasteiger partial charge in [-0.2, -0.15) is 0 Å². The summed E-state index contributed by atoms with van der Waals surface area (Å²) in [5, 5.41) is 9.35. The Balaban J connectivity index is 2.17. The first-order valence-corrected chi connectivity index (χ1v) is 5.94. The summed E-state index contributed by atoms with van der Waals surface area (Å²) in [7, 11) is 0. The highest BCUT2D eigenvalue weighted by atomic mass is 19.3. The Labute approximate surface area is 104 Å². The van der Waals surface area contributed by atoms with Crippen LogP contribution < -0.4 is 0 Å². The molecule has 1 aromatic heterocycles. The van der Waals surface area contributed by atoms with E-state index in [0.717, 1.165) is 5.56 Å². The first-order chi connectivity index (χ1) is 8.44. The number of aliphatic carboxylic acids is 1. The van der Waals surface area contributed by atoms with E-state index in [4.69, 9.17) is 0 Å². The lowest BCUT2D eigenvalue weighted by molar-refractivity contribution is -0.156. The molecule has 0 bridgehead atoms. The smallest absolute Gasteiger partial charge is 0.309 e. The van der Waals surface area contributed by atoms with Crippen LogP contribution in [0.4, 0.5) is 8.78 Å². The second-order valence-electron chi connectivity index (χ2n) is 4.98. The van der Waals surface area contributed by atoms with E-state index < -0.39 is 17.3 Å².